The molecule has 31 heavy (non-hydrogen) atoms. The molecule has 4 heterocycles. The number of benzene rings is 1. The van der Waals surface area contributed by atoms with Crippen LogP contribution in [0.2, 0.25) is 4.34 Å². The van der Waals surface area contributed by atoms with Crippen LogP contribution in [-0.4, -0.2) is 51.3 Å². The maximum Gasteiger partial charge on any atom is 0.259 e. The van der Waals surface area contributed by atoms with Gasteiger partial charge in [0, 0.05) is 42.6 Å². The van der Waals surface area contributed by atoms with Crippen molar-refractivity contribution < 1.29 is 9.53 Å². The molecule has 0 saturated carbocycles. The van der Waals surface area contributed by atoms with Crippen molar-refractivity contribution in [3.8, 4) is 22.3 Å². The van der Waals surface area contributed by atoms with Crippen LogP contribution in [0.25, 0.3) is 27.4 Å². The molecule has 1 aliphatic rings. The molecule has 0 spiro atoms. The number of thiophene rings is 1. The highest BCUT2D eigenvalue weighted by Gasteiger charge is 2.23. The van der Waals surface area contributed by atoms with E-state index in [0.717, 1.165) is 44.4 Å². The summed E-state index contributed by atoms with van der Waals surface area (Å²) in [6.45, 7) is -0.0184. The van der Waals surface area contributed by atoms with E-state index in [4.69, 9.17) is 26.3 Å². The lowest BCUT2D eigenvalue weighted by atomic mass is 10.2. The molecular weight excluding hydrogens is 454 g/mol. The first-order chi connectivity index (χ1) is 15.0. The summed E-state index contributed by atoms with van der Waals surface area (Å²) in [5.74, 6) is 3.61. The van der Waals surface area contributed by atoms with Gasteiger partial charge in [-0.2, -0.15) is 16.9 Å². The van der Waals surface area contributed by atoms with Gasteiger partial charge < -0.3 is 9.64 Å². The Hall–Kier alpha value is -2.62. The summed E-state index contributed by atoms with van der Waals surface area (Å²) >= 11 is 9.41. The summed E-state index contributed by atoms with van der Waals surface area (Å²) in [6.07, 6.45) is 1.81. The molecule has 4 aromatic rings. The quantitative estimate of drug-likeness (QED) is 0.429. The van der Waals surface area contributed by atoms with E-state index in [2.05, 4.69) is 5.10 Å². The molecule has 0 saturated heterocycles. The van der Waals surface area contributed by atoms with Crippen molar-refractivity contribution in [2.45, 2.75) is 11.5 Å². The minimum absolute atomic E-state index is 0.0184. The highest BCUT2D eigenvalue weighted by molar-refractivity contribution is 7.98. The molecule has 0 N–H and O–H groups in total. The monoisotopic (exact) mass is 471 g/mol. The molecule has 1 aromatic carbocycles. The Labute approximate surface area is 192 Å². The maximum absolute atomic E-state index is 11.9. The molecule has 0 radical (unpaired) electrons. The largest absolute Gasteiger partial charge is 0.484 e. The molecule has 7 nitrogen and oxygen atoms in total. The summed E-state index contributed by atoms with van der Waals surface area (Å²) in [4.78, 5) is 24.0. The highest BCUT2D eigenvalue weighted by Crippen LogP contribution is 2.36. The van der Waals surface area contributed by atoms with Crippen LogP contribution in [-0.2, 0) is 16.3 Å². The van der Waals surface area contributed by atoms with Crippen molar-refractivity contribution in [2.24, 2.45) is 0 Å². The van der Waals surface area contributed by atoms with Gasteiger partial charge in [0.15, 0.2) is 18.2 Å². The first-order valence-corrected chi connectivity index (χ1v) is 11.9. The Bertz CT molecular complexity index is 1300. The number of ether oxygens (including phenoxy) is 1. The third-order valence-corrected chi connectivity index (χ3v) is 7.15. The van der Waals surface area contributed by atoms with Crippen molar-refractivity contribution in [1.82, 2.24) is 24.6 Å². The summed E-state index contributed by atoms with van der Waals surface area (Å²) in [5.41, 5.74) is 2.99. The molecule has 0 bridgehead atoms. The van der Waals surface area contributed by atoms with Gasteiger partial charge >= 0.3 is 0 Å². The van der Waals surface area contributed by atoms with E-state index in [1.807, 2.05) is 53.0 Å². The van der Waals surface area contributed by atoms with Crippen molar-refractivity contribution in [3.63, 3.8) is 0 Å². The molecule has 0 unspecified atom stereocenters. The number of carbonyl (C=O) groups is 1. The predicted octanol–water partition coefficient (Wildman–Crippen LogP) is 4.41. The zero-order valence-electron chi connectivity index (χ0n) is 16.8. The van der Waals surface area contributed by atoms with Crippen LogP contribution in [0.5, 0.6) is 5.75 Å². The van der Waals surface area contributed by atoms with Gasteiger partial charge in [-0.1, -0.05) is 11.6 Å². The number of fused-ring (bicyclic) bond motifs is 2. The van der Waals surface area contributed by atoms with E-state index in [1.54, 1.807) is 14.1 Å². The van der Waals surface area contributed by atoms with Gasteiger partial charge in [-0.3, -0.25) is 4.79 Å². The Morgan fingerprint density at radius 2 is 2.10 bits per heavy atom. The molecule has 1 aliphatic heterocycles. The summed E-state index contributed by atoms with van der Waals surface area (Å²) in [5, 5.41) is 5.57. The van der Waals surface area contributed by atoms with Crippen LogP contribution in [0.1, 0.15) is 11.3 Å². The number of carbonyl (C=O) groups excluding carboxylic acids is 1. The Balaban J connectivity index is 1.58. The first-order valence-electron chi connectivity index (χ1n) is 9.54. The minimum Gasteiger partial charge on any atom is -0.484 e. The lowest BCUT2D eigenvalue weighted by Gasteiger charge is -2.12. The molecule has 1 amide bonds. The Morgan fingerprint density at radius 3 is 2.87 bits per heavy atom. The van der Waals surface area contributed by atoms with Gasteiger partial charge in [0.1, 0.15) is 5.75 Å². The van der Waals surface area contributed by atoms with Crippen LogP contribution in [0.4, 0.5) is 0 Å². The van der Waals surface area contributed by atoms with Crippen LogP contribution in [0.3, 0.4) is 0 Å². The number of rotatable bonds is 5. The van der Waals surface area contributed by atoms with Crippen molar-refractivity contribution >= 4 is 51.5 Å². The van der Waals surface area contributed by atoms with Crippen LogP contribution < -0.4 is 4.74 Å². The predicted molar refractivity (Wildman–Crippen MR) is 124 cm³/mol. The fourth-order valence-electron chi connectivity index (χ4n) is 3.28. The topological polar surface area (TPSA) is 73.1 Å². The molecular formula is C21H18ClN5O2S2. The van der Waals surface area contributed by atoms with Gasteiger partial charge in [-0.25, -0.2) is 14.6 Å². The minimum atomic E-state index is -0.0986. The van der Waals surface area contributed by atoms with Gasteiger partial charge in [0.05, 0.1) is 26.6 Å². The number of aromatic nitrogens is 4. The second-order valence-corrected chi connectivity index (χ2v) is 9.95. The third kappa shape index (κ3) is 3.88. The fraction of sp³-hybridized carbons (Fsp3) is 0.238. The molecule has 0 aliphatic carbocycles. The molecule has 0 atom stereocenters. The van der Waals surface area contributed by atoms with E-state index < -0.39 is 0 Å². The molecule has 5 rings (SSSR count). The van der Waals surface area contributed by atoms with E-state index in [9.17, 15) is 4.79 Å². The zero-order valence-corrected chi connectivity index (χ0v) is 19.2. The SMILES string of the molecule is CN(C)C(=O)COc1ccc2cnn(-c3nc(-c4ccc(Cl)s4)nc4c3CSC4)c2c1. The average Bonchev–Trinajstić information content (AvgIpc) is 3.50. The van der Waals surface area contributed by atoms with E-state index in [0.29, 0.717) is 15.9 Å². The molecule has 0 fully saturated rings. The summed E-state index contributed by atoms with van der Waals surface area (Å²) < 4.78 is 8.24. The van der Waals surface area contributed by atoms with E-state index >= 15 is 0 Å². The van der Waals surface area contributed by atoms with E-state index in [-0.39, 0.29) is 12.5 Å². The highest BCUT2D eigenvalue weighted by atomic mass is 35.5. The second kappa shape index (κ2) is 8.14. The number of hydrogen-bond acceptors (Lipinski definition) is 7. The second-order valence-electron chi connectivity index (χ2n) is 7.25. The van der Waals surface area contributed by atoms with Gasteiger partial charge in [0.2, 0.25) is 0 Å². The van der Waals surface area contributed by atoms with Gasteiger partial charge in [0.25, 0.3) is 5.91 Å². The number of hydrogen-bond donors (Lipinski definition) is 0. The maximum atomic E-state index is 11.9. The standard InChI is InChI=1S/C21H18ClN5O2S2/c1-26(2)19(28)9-29-13-4-3-12-8-23-27(16(12)7-13)21-14-10-30-11-15(14)24-20(25-21)17-5-6-18(22)31-17/h3-8H,9-11H2,1-2H3. The smallest absolute Gasteiger partial charge is 0.259 e. The van der Waals surface area contributed by atoms with Crippen molar-refractivity contribution in [2.75, 3.05) is 20.7 Å². The summed E-state index contributed by atoms with van der Waals surface area (Å²) in [7, 11) is 3.41. The van der Waals surface area contributed by atoms with Crippen LogP contribution >= 0.6 is 34.7 Å². The Kier molecular flexibility index (Phi) is 5.33. The first kappa shape index (κ1) is 20.3. The number of likely N-dealkylation sites (N-methyl/N-ethyl adjacent to an activating group) is 1. The molecule has 158 valence electrons. The zero-order chi connectivity index (χ0) is 21.5. The lowest BCUT2D eigenvalue weighted by Crippen LogP contribution is -2.27. The number of nitrogens with zero attached hydrogens (tertiary/aromatic N) is 5. The molecule has 3 aromatic heterocycles. The van der Waals surface area contributed by atoms with Crippen molar-refractivity contribution in [3.05, 3.63) is 52.1 Å². The normalized spacial score (nSPS) is 12.9. The number of thioether (sulfide) groups is 1. The van der Waals surface area contributed by atoms with Gasteiger partial charge in [-0.15, -0.1) is 11.3 Å². The number of amides is 1. The van der Waals surface area contributed by atoms with Crippen LogP contribution in [0, 0.1) is 0 Å². The third-order valence-electron chi connectivity index (χ3n) is 4.95. The lowest BCUT2D eigenvalue weighted by molar-refractivity contribution is -0.130. The van der Waals surface area contributed by atoms with Crippen molar-refractivity contribution in [1.29, 1.82) is 0 Å². The number of halogens is 1. The van der Waals surface area contributed by atoms with E-state index in [1.165, 1.54) is 16.2 Å². The fourth-order valence-corrected chi connectivity index (χ4v) is 5.30. The van der Waals surface area contributed by atoms with Gasteiger partial charge in [-0.05, 0) is 24.3 Å². The average molecular weight is 472 g/mol. The van der Waals surface area contributed by atoms with Crippen LogP contribution in [0.15, 0.2) is 36.5 Å². The summed E-state index contributed by atoms with van der Waals surface area (Å²) in [6, 6.07) is 9.47. The molecule has 10 heteroatoms. The Morgan fingerprint density at radius 1 is 1.23 bits per heavy atom.